The summed E-state index contributed by atoms with van der Waals surface area (Å²) in [5.74, 6) is 0. The minimum atomic E-state index is 0.0943. The molecule has 0 aliphatic carbocycles. The fourth-order valence-corrected chi connectivity index (χ4v) is 2.70. The fourth-order valence-electron chi connectivity index (χ4n) is 2.70. The molecule has 7 heteroatoms. The number of rotatable bonds is 4. The van der Waals surface area contributed by atoms with Crippen molar-refractivity contribution in [2.75, 3.05) is 13.1 Å². The molecule has 108 valence electrons. The van der Waals surface area contributed by atoms with Crippen LogP contribution in [0.15, 0.2) is 24.8 Å². The Hall–Kier alpha value is -1.73. The number of hydrogen-bond acceptors (Lipinski definition) is 5. The summed E-state index contributed by atoms with van der Waals surface area (Å²) < 4.78 is 3.85. The molecular weight excluding hydrogens is 254 g/mol. The van der Waals surface area contributed by atoms with Gasteiger partial charge in [0.2, 0.25) is 0 Å². The lowest BCUT2D eigenvalue weighted by molar-refractivity contribution is 0.310. The highest BCUT2D eigenvalue weighted by Gasteiger charge is 2.32. The van der Waals surface area contributed by atoms with Crippen molar-refractivity contribution in [3.05, 3.63) is 30.4 Å². The summed E-state index contributed by atoms with van der Waals surface area (Å²) in [6.45, 7) is 6.91. The van der Waals surface area contributed by atoms with E-state index in [2.05, 4.69) is 40.4 Å². The normalized spacial score (nSPS) is 23.8. The lowest BCUT2D eigenvalue weighted by Gasteiger charge is -2.14. The molecule has 0 unspecified atom stereocenters. The number of nitrogens with zero attached hydrogens (tertiary/aromatic N) is 6. The van der Waals surface area contributed by atoms with E-state index in [1.165, 1.54) is 5.56 Å². The highest BCUT2D eigenvalue weighted by Crippen LogP contribution is 2.21. The Morgan fingerprint density at radius 3 is 2.90 bits per heavy atom. The first-order chi connectivity index (χ1) is 9.63. The van der Waals surface area contributed by atoms with Crippen LogP contribution in [0.3, 0.4) is 0 Å². The van der Waals surface area contributed by atoms with E-state index in [1.54, 1.807) is 6.20 Å². The molecule has 1 aliphatic rings. The van der Waals surface area contributed by atoms with E-state index in [0.717, 1.165) is 19.6 Å². The van der Waals surface area contributed by atoms with Crippen LogP contribution in [0.5, 0.6) is 0 Å². The van der Waals surface area contributed by atoms with Gasteiger partial charge >= 0.3 is 0 Å². The molecule has 1 aliphatic heterocycles. The van der Waals surface area contributed by atoms with Crippen LogP contribution in [0.1, 0.15) is 31.5 Å². The summed E-state index contributed by atoms with van der Waals surface area (Å²) in [7, 11) is 0. The van der Waals surface area contributed by atoms with Gasteiger partial charge in [0.15, 0.2) is 0 Å². The zero-order chi connectivity index (χ0) is 14.1. The quantitative estimate of drug-likeness (QED) is 0.876. The second kappa shape index (κ2) is 5.34. The molecule has 0 amide bonds. The first-order valence-electron chi connectivity index (χ1n) is 7.00. The summed E-state index contributed by atoms with van der Waals surface area (Å²) in [5, 5.41) is 12.3. The number of nitrogens with two attached hydrogens (primary N) is 1. The van der Waals surface area contributed by atoms with Crippen molar-refractivity contribution in [1.29, 1.82) is 0 Å². The average molecular weight is 275 g/mol. The summed E-state index contributed by atoms with van der Waals surface area (Å²) >= 11 is 0. The summed E-state index contributed by atoms with van der Waals surface area (Å²) in [5.41, 5.74) is 7.44. The Kier molecular flexibility index (Phi) is 3.54. The van der Waals surface area contributed by atoms with Gasteiger partial charge in [-0.25, -0.2) is 4.68 Å². The maximum Gasteiger partial charge on any atom is 0.0826 e. The van der Waals surface area contributed by atoms with Crippen LogP contribution in [0.2, 0.25) is 0 Å². The second-order valence-corrected chi connectivity index (χ2v) is 5.73. The third-order valence-electron chi connectivity index (χ3n) is 3.78. The van der Waals surface area contributed by atoms with Gasteiger partial charge in [0.25, 0.3) is 0 Å². The van der Waals surface area contributed by atoms with Crippen LogP contribution in [0.4, 0.5) is 0 Å². The lowest BCUT2D eigenvalue weighted by Crippen LogP contribution is -2.31. The number of hydrogen-bond donors (Lipinski definition) is 1. The molecule has 7 nitrogen and oxygen atoms in total. The van der Waals surface area contributed by atoms with E-state index in [0.29, 0.717) is 6.04 Å². The Morgan fingerprint density at radius 1 is 1.40 bits per heavy atom. The molecule has 3 heterocycles. The summed E-state index contributed by atoms with van der Waals surface area (Å²) in [6.07, 6.45) is 7.63. The molecule has 2 atom stereocenters. The predicted molar refractivity (Wildman–Crippen MR) is 74.9 cm³/mol. The van der Waals surface area contributed by atoms with Crippen LogP contribution in [-0.4, -0.2) is 48.8 Å². The molecule has 1 fully saturated rings. The molecule has 2 N–H and O–H groups in total. The van der Waals surface area contributed by atoms with Gasteiger partial charge in [0, 0.05) is 49.7 Å². The predicted octanol–water partition coefficient (Wildman–Crippen LogP) is 0.440. The van der Waals surface area contributed by atoms with Gasteiger partial charge in [-0.05, 0) is 13.8 Å². The summed E-state index contributed by atoms with van der Waals surface area (Å²) in [6, 6.07) is 0.696. The number of aromatic nitrogens is 5. The SMILES string of the molecule is CC(C)n1cc(CN2C[C@@H](N)[C@@H](n3ccnn3)C2)cn1. The van der Waals surface area contributed by atoms with Gasteiger partial charge in [0.05, 0.1) is 18.4 Å². The van der Waals surface area contributed by atoms with E-state index >= 15 is 0 Å². The maximum atomic E-state index is 6.22. The molecule has 2 aromatic rings. The van der Waals surface area contributed by atoms with Crippen LogP contribution >= 0.6 is 0 Å². The van der Waals surface area contributed by atoms with Gasteiger partial charge in [-0.2, -0.15) is 5.10 Å². The maximum absolute atomic E-state index is 6.22. The third kappa shape index (κ3) is 2.59. The average Bonchev–Trinajstić information content (AvgIpc) is 3.10. The highest BCUT2D eigenvalue weighted by molar-refractivity contribution is 5.06. The largest absolute Gasteiger partial charge is 0.325 e. The molecule has 0 spiro atoms. The molecule has 0 radical (unpaired) electrons. The molecule has 2 aromatic heterocycles. The second-order valence-electron chi connectivity index (χ2n) is 5.73. The topological polar surface area (TPSA) is 77.8 Å². The Balaban J connectivity index is 1.64. The van der Waals surface area contributed by atoms with Crippen molar-refractivity contribution in [2.24, 2.45) is 5.73 Å². The minimum Gasteiger partial charge on any atom is -0.325 e. The van der Waals surface area contributed by atoms with Crippen LogP contribution in [0.25, 0.3) is 0 Å². The first-order valence-corrected chi connectivity index (χ1v) is 7.00. The smallest absolute Gasteiger partial charge is 0.0826 e. The monoisotopic (exact) mass is 275 g/mol. The number of likely N-dealkylation sites (tertiary alicyclic amines) is 1. The standard InChI is InChI=1S/C13H21N7/c1-10(2)20-7-11(5-16-20)6-18-8-12(14)13(9-18)19-4-3-15-17-19/h3-5,7,10,12-13H,6,8-9,14H2,1-2H3/t12-,13+/m1/s1. The van der Waals surface area contributed by atoms with Crippen LogP contribution in [0, 0.1) is 0 Å². The molecule has 3 rings (SSSR count). The van der Waals surface area contributed by atoms with E-state index < -0.39 is 0 Å². The van der Waals surface area contributed by atoms with Crippen molar-refractivity contribution in [3.63, 3.8) is 0 Å². The zero-order valence-corrected chi connectivity index (χ0v) is 11.9. The van der Waals surface area contributed by atoms with Crippen molar-refractivity contribution in [3.8, 4) is 0 Å². The van der Waals surface area contributed by atoms with Crippen molar-refractivity contribution < 1.29 is 0 Å². The molecule has 0 saturated carbocycles. The van der Waals surface area contributed by atoms with Gasteiger partial charge in [0.1, 0.15) is 0 Å². The molecule has 20 heavy (non-hydrogen) atoms. The minimum absolute atomic E-state index is 0.0943. The lowest BCUT2D eigenvalue weighted by atomic mass is 10.2. The highest BCUT2D eigenvalue weighted by atomic mass is 15.4. The zero-order valence-electron chi connectivity index (χ0n) is 11.9. The Labute approximate surface area is 118 Å². The van der Waals surface area contributed by atoms with Crippen molar-refractivity contribution in [1.82, 2.24) is 29.7 Å². The van der Waals surface area contributed by atoms with Crippen LogP contribution in [-0.2, 0) is 6.54 Å². The van der Waals surface area contributed by atoms with E-state index in [1.807, 2.05) is 21.8 Å². The van der Waals surface area contributed by atoms with Crippen LogP contribution < -0.4 is 5.73 Å². The van der Waals surface area contributed by atoms with Crippen molar-refractivity contribution >= 4 is 0 Å². The molecule has 0 aromatic carbocycles. The fraction of sp³-hybridized carbons (Fsp3) is 0.615. The van der Waals surface area contributed by atoms with Crippen molar-refractivity contribution in [2.45, 2.75) is 38.5 Å². The third-order valence-corrected chi connectivity index (χ3v) is 3.78. The molecular formula is C13H21N7. The van der Waals surface area contributed by atoms with E-state index in [4.69, 9.17) is 5.73 Å². The van der Waals surface area contributed by atoms with E-state index in [9.17, 15) is 0 Å². The van der Waals surface area contributed by atoms with Gasteiger partial charge in [-0.1, -0.05) is 5.21 Å². The van der Waals surface area contributed by atoms with Gasteiger partial charge in [-0.3, -0.25) is 9.58 Å². The molecule has 0 bridgehead atoms. The van der Waals surface area contributed by atoms with E-state index in [-0.39, 0.29) is 12.1 Å². The first kappa shape index (κ1) is 13.3. The molecule has 1 saturated heterocycles. The summed E-state index contributed by atoms with van der Waals surface area (Å²) in [4.78, 5) is 2.35. The van der Waals surface area contributed by atoms with Gasteiger partial charge in [-0.15, -0.1) is 5.10 Å². The van der Waals surface area contributed by atoms with Gasteiger partial charge < -0.3 is 5.73 Å². The Bertz CT molecular complexity index is 545. The Morgan fingerprint density at radius 2 is 2.25 bits per heavy atom.